The van der Waals surface area contributed by atoms with E-state index in [0.717, 1.165) is 41.9 Å². The Morgan fingerprint density at radius 1 is 1.22 bits per heavy atom. The molecule has 2 aromatic rings. The van der Waals surface area contributed by atoms with Gasteiger partial charge in [-0.3, -0.25) is 0 Å². The van der Waals surface area contributed by atoms with Crippen LogP contribution >= 0.6 is 0 Å². The van der Waals surface area contributed by atoms with Crippen LogP contribution in [-0.4, -0.2) is 9.97 Å². The summed E-state index contributed by atoms with van der Waals surface area (Å²) in [6.45, 7) is 10.1. The maximum atomic E-state index is 6.17. The summed E-state index contributed by atoms with van der Waals surface area (Å²) in [6.07, 6.45) is 11.2. The molecule has 3 nitrogen and oxygen atoms in total. The molecule has 0 amide bonds. The molecular weight excluding hydrogens is 332 g/mol. The van der Waals surface area contributed by atoms with Gasteiger partial charge in [0.2, 0.25) is 0 Å². The van der Waals surface area contributed by atoms with Crippen molar-refractivity contribution in [3.63, 3.8) is 0 Å². The second kappa shape index (κ2) is 7.15. The predicted molar refractivity (Wildman–Crippen MR) is 109 cm³/mol. The number of rotatable bonds is 1. The van der Waals surface area contributed by atoms with Gasteiger partial charge in [-0.15, -0.1) is 0 Å². The molecular formula is C24H26N2O. The molecule has 2 aliphatic rings. The van der Waals surface area contributed by atoms with Gasteiger partial charge in [0.25, 0.3) is 0 Å². The van der Waals surface area contributed by atoms with E-state index in [0.29, 0.717) is 5.76 Å². The molecule has 1 unspecified atom stereocenters. The first-order valence-corrected chi connectivity index (χ1v) is 9.73. The molecule has 0 saturated heterocycles. The van der Waals surface area contributed by atoms with E-state index in [9.17, 15) is 0 Å². The minimum absolute atomic E-state index is 0.0207. The third-order valence-corrected chi connectivity index (χ3v) is 5.81. The first kappa shape index (κ1) is 17.7. The van der Waals surface area contributed by atoms with Crippen LogP contribution in [-0.2, 0) is 16.6 Å². The van der Waals surface area contributed by atoms with E-state index < -0.39 is 0 Å². The summed E-state index contributed by atoms with van der Waals surface area (Å²) in [5.74, 6) is 1.60. The number of allylic oxidation sites excluding steroid dienone is 3. The first-order chi connectivity index (χ1) is 13.1. The van der Waals surface area contributed by atoms with Gasteiger partial charge >= 0.3 is 0 Å². The van der Waals surface area contributed by atoms with Crippen molar-refractivity contribution in [2.75, 3.05) is 0 Å². The molecule has 4 bridgehead atoms. The molecule has 1 aromatic heterocycles. The minimum Gasteiger partial charge on any atom is -0.484 e. The Morgan fingerprint density at radius 3 is 2.81 bits per heavy atom. The maximum Gasteiger partial charge on any atom is 0.138 e. The Hall–Kier alpha value is -2.68. The van der Waals surface area contributed by atoms with Gasteiger partial charge in [-0.2, -0.15) is 0 Å². The van der Waals surface area contributed by atoms with E-state index in [4.69, 9.17) is 14.7 Å². The molecule has 3 heteroatoms. The topological polar surface area (TPSA) is 35.0 Å². The van der Waals surface area contributed by atoms with E-state index >= 15 is 0 Å². The molecule has 4 rings (SSSR count). The van der Waals surface area contributed by atoms with Crippen molar-refractivity contribution in [1.29, 1.82) is 0 Å². The molecule has 1 spiro atoms. The number of fused-ring (bicyclic) bond motifs is 5. The molecule has 1 aliphatic heterocycles. The summed E-state index contributed by atoms with van der Waals surface area (Å²) in [5, 5.41) is 0. The van der Waals surface area contributed by atoms with Gasteiger partial charge in [-0.25, -0.2) is 9.97 Å². The average Bonchev–Trinajstić information content (AvgIpc) is 3.15. The third kappa shape index (κ3) is 3.34. The van der Waals surface area contributed by atoms with Crippen LogP contribution in [0.25, 0.3) is 5.57 Å². The van der Waals surface area contributed by atoms with Crippen molar-refractivity contribution in [2.45, 2.75) is 50.5 Å². The summed E-state index contributed by atoms with van der Waals surface area (Å²) < 4.78 is 6.17. The van der Waals surface area contributed by atoms with E-state index in [2.05, 4.69) is 37.4 Å². The highest BCUT2D eigenvalue weighted by Crippen LogP contribution is 2.43. The van der Waals surface area contributed by atoms with Gasteiger partial charge < -0.3 is 4.74 Å². The molecule has 1 saturated carbocycles. The zero-order chi connectivity index (χ0) is 18.9. The lowest BCUT2D eigenvalue weighted by Gasteiger charge is -2.29. The fraction of sp³-hybridized carbons (Fsp3) is 0.333. The molecule has 1 aliphatic carbocycles. The zero-order valence-electron chi connectivity index (χ0n) is 15.9. The fourth-order valence-corrected chi connectivity index (χ4v) is 4.43. The number of hydrogen-bond acceptors (Lipinski definition) is 3. The summed E-state index contributed by atoms with van der Waals surface area (Å²) in [5.41, 5.74) is 4.32. The number of ether oxygens (including phenoxy) is 1. The average molecular weight is 358 g/mol. The number of aromatic nitrogens is 2. The molecule has 1 aromatic carbocycles. The van der Waals surface area contributed by atoms with E-state index in [1.54, 1.807) is 6.08 Å². The zero-order valence-corrected chi connectivity index (χ0v) is 15.9. The number of hydrogen-bond donors (Lipinski definition) is 0. The summed E-state index contributed by atoms with van der Waals surface area (Å²) in [7, 11) is 0. The maximum absolute atomic E-state index is 6.17. The van der Waals surface area contributed by atoms with E-state index in [1.165, 1.54) is 18.4 Å². The van der Waals surface area contributed by atoms with Crippen LogP contribution < -0.4 is 0 Å². The summed E-state index contributed by atoms with van der Waals surface area (Å²) >= 11 is 0. The molecule has 138 valence electrons. The molecule has 2 heterocycles. The van der Waals surface area contributed by atoms with Crippen LogP contribution in [0.2, 0.25) is 0 Å². The highest BCUT2D eigenvalue weighted by molar-refractivity contribution is 5.78. The molecule has 1 fully saturated rings. The van der Waals surface area contributed by atoms with Crippen molar-refractivity contribution >= 4 is 5.57 Å². The Kier molecular flexibility index (Phi) is 4.69. The van der Waals surface area contributed by atoms with E-state index in [1.807, 2.05) is 25.3 Å². The van der Waals surface area contributed by atoms with Gasteiger partial charge in [0.05, 0.1) is 5.69 Å². The number of benzene rings is 1. The monoisotopic (exact) mass is 358 g/mol. The van der Waals surface area contributed by atoms with Gasteiger partial charge in [-0.1, -0.05) is 62.4 Å². The van der Waals surface area contributed by atoms with Crippen molar-refractivity contribution < 1.29 is 4.74 Å². The highest BCUT2D eigenvalue weighted by Gasteiger charge is 2.39. The Balaban J connectivity index is 1.89. The molecule has 0 radical (unpaired) electrons. The van der Waals surface area contributed by atoms with Crippen molar-refractivity contribution in [3.05, 3.63) is 90.2 Å². The van der Waals surface area contributed by atoms with Crippen LogP contribution in [0.5, 0.6) is 0 Å². The van der Waals surface area contributed by atoms with Crippen LogP contribution in [0.4, 0.5) is 0 Å². The van der Waals surface area contributed by atoms with Crippen molar-refractivity contribution in [3.8, 4) is 0 Å². The SMILES string of the molecule is C=C/C=C1\C(=C)OC(C)c2ccnc(n2)C2(CCCC2)Cc2cccc1c2. The summed E-state index contributed by atoms with van der Waals surface area (Å²) in [6, 6.07) is 10.6. The van der Waals surface area contributed by atoms with Crippen LogP contribution in [0.15, 0.2) is 67.6 Å². The summed E-state index contributed by atoms with van der Waals surface area (Å²) in [4.78, 5) is 9.65. The van der Waals surface area contributed by atoms with Crippen LogP contribution in [0.3, 0.4) is 0 Å². The normalized spacial score (nSPS) is 22.8. The largest absolute Gasteiger partial charge is 0.484 e. The van der Waals surface area contributed by atoms with Crippen molar-refractivity contribution in [1.82, 2.24) is 9.97 Å². The molecule has 0 N–H and O–H groups in total. The van der Waals surface area contributed by atoms with Crippen LogP contribution in [0, 0.1) is 0 Å². The lowest BCUT2D eigenvalue weighted by atomic mass is 9.78. The van der Waals surface area contributed by atoms with Gasteiger partial charge in [0.15, 0.2) is 0 Å². The minimum atomic E-state index is -0.187. The lowest BCUT2D eigenvalue weighted by Crippen LogP contribution is -2.29. The predicted octanol–water partition coefficient (Wildman–Crippen LogP) is 5.71. The van der Waals surface area contributed by atoms with Gasteiger partial charge in [-0.05, 0) is 43.4 Å². The Labute approximate surface area is 161 Å². The van der Waals surface area contributed by atoms with Gasteiger partial charge in [0, 0.05) is 17.2 Å². The standard InChI is InChI=1S/C24H26N2O/c1-4-8-21-17(2)27-18(3)22-11-14-25-23(26-22)24(12-5-6-13-24)16-19-9-7-10-20(21)15-19/h4,7-11,14-15,18H,1-2,5-6,12-13,16H2,3H3/b21-8+. The van der Waals surface area contributed by atoms with Crippen molar-refractivity contribution in [2.24, 2.45) is 0 Å². The first-order valence-electron chi connectivity index (χ1n) is 9.73. The second-order valence-corrected chi connectivity index (χ2v) is 7.67. The lowest BCUT2D eigenvalue weighted by molar-refractivity contribution is 0.142. The second-order valence-electron chi connectivity index (χ2n) is 7.67. The van der Waals surface area contributed by atoms with Crippen LogP contribution in [0.1, 0.15) is 61.4 Å². The Bertz CT molecular complexity index is 906. The van der Waals surface area contributed by atoms with E-state index in [-0.39, 0.29) is 11.5 Å². The number of nitrogens with zero attached hydrogens (tertiary/aromatic N) is 2. The third-order valence-electron chi connectivity index (χ3n) is 5.81. The van der Waals surface area contributed by atoms with Gasteiger partial charge in [0.1, 0.15) is 17.7 Å². The quantitative estimate of drug-likeness (QED) is 0.655. The Morgan fingerprint density at radius 2 is 2.04 bits per heavy atom. The smallest absolute Gasteiger partial charge is 0.138 e. The highest BCUT2D eigenvalue weighted by atomic mass is 16.5. The molecule has 1 atom stereocenters. The molecule has 27 heavy (non-hydrogen) atoms. The fourth-order valence-electron chi connectivity index (χ4n) is 4.43.